The monoisotopic (exact) mass is 1210 g/mol. The van der Waals surface area contributed by atoms with Crippen LogP contribution >= 0.6 is 0 Å². The summed E-state index contributed by atoms with van der Waals surface area (Å²) in [6.07, 6.45) is -5.52. The van der Waals surface area contributed by atoms with Crippen LogP contribution in [0, 0.1) is 0 Å². The predicted octanol–water partition coefficient (Wildman–Crippen LogP) is 11.0. The number of rotatable bonds is 26. The molecule has 0 unspecified atom stereocenters. The molecule has 4 amide bonds. The van der Waals surface area contributed by atoms with Crippen LogP contribution in [0.3, 0.4) is 0 Å². The first-order valence-corrected chi connectivity index (χ1v) is 32.6. The fraction of sp³-hybridized carbons (Fsp3) is 0.373. The van der Waals surface area contributed by atoms with Gasteiger partial charge in [0.05, 0.1) is 26.4 Å². The first-order valence-electron chi connectivity index (χ1n) is 28.9. The molecule has 87 heavy (non-hydrogen) atoms. The number of nitrogens with zero attached hydrogens (tertiary/aromatic N) is 1. The van der Waals surface area contributed by atoms with Crippen molar-refractivity contribution in [3.63, 3.8) is 0 Å². The molecular weight excluding hydrogens is 1130 g/mol. The van der Waals surface area contributed by atoms with Gasteiger partial charge in [0.2, 0.25) is 5.91 Å². The van der Waals surface area contributed by atoms with Gasteiger partial charge in [-0.1, -0.05) is 153 Å². The normalized spacial score (nSPS) is 15.1. The van der Waals surface area contributed by atoms with E-state index in [1.807, 2.05) is 121 Å². The van der Waals surface area contributed by atoms with Crippen LogP contribution in [0.5, 0.6) is 11.5 Å². The maximum absolute atomic E-state index is 14.8. The van der Waals surface area contributed by atoms with Gasteiger partial charge in [-0.25, -0.2) is 24.0 Å². The smallest absolute Gasteiger partial charge is 0.412 e. The van der Waals surface area contributed by atoms with E-state index >= 15 is 0 Å². The van der Waals surface area contributed by atoms with Gasteiger partial charge in [0.15, 0.2) is 6.04 Å². The van der Waals surface area contributed by atoms with Crippen molar-refractivity contribution in [2.24, 2.45) is 0 Å². The highest BCUT2D eigenvalue weighted by Gasteiger charge is 2.45. The van der Waals surface area contributed by atoms with Crippen molar-refractivity contribution in [3.05, 3.63) is 191 Å². The second-order valence-corrected chi connectivity index (χ2v) is 29.4. The number of benzene rings is 6. The number of amides is 4. The highest BCUT2D eigenvalue weighted by atomic mass is 28.3. The van der Waals surface area contributed by atoms with Crippen molar-refractivity contribution in [2.45, 2.75) is 141 Å². The molecule has 0 aromatic heterocycles. The van der Waals surface area contributed by atoms with Crippen LogP contribution in [0.2, 0.25) is 25.7 Å². The van der Waals surface area contributed by atoms with Gasteiger partial charge in [-0.05, 0) is 104 Å². The molecule has 1 saturated heterocycles. The summed E-state index contributed by atoms with van der Waals surface area (Å²) in [4.78, 5) is 84.8. The number of nitrogens with one attached hydrogen (secondary N) is 3. The van der Waals surface area contributed by atoms with Crippen molar-refractivity contribution in [1.82, 2.24) is 20.9 Å². The number of esters is 2. The Balaban J connectivity index is 1.22. The Morgan fingerprint density at radius 3 is 1.68 bits per heavy atom. The average Bonchev–Trinajstić information content (AvgIpc) is 2.69. The molecular formula is C67H80N4O15Si. The molecule has 4 N–H and O–H groups in total. The van der Waals surface area contributed by atoms with Gasteiger partial charge in [-0.2, -0.15) is 0 Å². The standard InChI is InChI=1S/C67H80N4O15Si/c1-66(2,3)86-64(77)68-54(39-52-40-71(67(4,5)85-52)65(78)84-44-48-28-20-13-21-29-48)60(73)70-58(62(75)79-6)59(72)53-37-50(31-33-57(53)82-42-46-24-16-11-17-25-46)49-30-32-56(81-41-45-22-14-10-15-23-45)51(36-49)38-55(61(74)80-34-35-87(7,8)9)69-63(76)83-43-47-26-18-12-19-27-47/h10-33,36-37,52,54-55,58-59,72H,34-35,38-44H2,1-9H3,(H,68,77)(H,69,76)(H,70,73)/t52-,54+,55+,58+,59-/m1/s1. The van der Waals surface area contributed by atoms with E-state index in [0.29, 0.717) is 28.5 Å². The molecule has 19 nitrogen and oxygen atoms in total. The lowest BCUT2D eigenvalue weighted by Crippen LogP contribution is -2.55. The molecule has 0 saturated carbocycles. The molecule has 6 aromatic rings. The number of carbonyl (C=O) groups is 6. The van der Waals surface area contributed by atoms with Crippen LogP contribution in [-0.2, 0) is 75.7 Å². The van der Waals surface area contributed by atoms with Gasteiger partial charge in [-0.15, -0.1) is 0 Å². The third kappa shape index (κ3) is 20.5. The van der Waals surface area contributed by atoms with Crippen molar-refractivity contribution < 1.29 is 71.8 Å². The second-order valence-electron chi connectivity index (χ2n) is 23.8. The number of aliphatic hydroxyl groups excluding tert-OH is 1. The third-order valence-corrected chi connectivity index (χ3v) is 15.7. The molecule has 5 atom stereocenters. The van der Waals surface area contributed by atoms with Crippen molar-refractivity contribution in [2.75, 3.05) is 20.3 Å². The van der Waals surface area contributed by atoms with E-state index < -0.39 is 85.9 Å². The number of hydrogen-bond acceptors (Lipinski definition) is 15. The molecule has 462 valence electrons. The van der Waals surface area contributed by atoms with Gasteiger partial charge in [0.25, 0.3) is 0 Å². The Hall–Kier alpha value is -8.72. The Kier molecular flexibility index (Phi) is 23.1. The Morgan fingerprint density at radius 1 is 0.632 bits per heavy atom. The molecule has 20 heteroatoms. The fourth-order valence-corrected chi connectivity index (χ4v) is 10.1. The number of methoxy groups -OCH3 is 1. The van der Waals surface area contributed by atoms with E-state index in [9.17, 15) is 33.9 Å². The van der Waals surface area contributed by atoms with Crippen LogP contribution < -0.4 is 25.4 Å². The summed E-state index contributed by atoms with van der Waals surface area (Å²) in [5.41, 5.74) is 2.59. The average molecular weight is 1210 g/mol. The van der Waals surface area contributed by atoms with Crippen molar-refractivity contribution >= 4 is 44.2 Å². The molecule has 1 heterocycles. The maximum Gasteiger partial charge on any atom is 0.412 e. The summed E-state index contributed by atoms with van der Waals surface area (Å²) in [6, 6.07) is 43.5. The molecule has 6 aromatic carbocycles. The lowest BCUT2D eigenvalue weighted by Gasteiger charge is -2.29. The van der Waals surface area contributed by atoms with Crippen molar-refractivity contribution in [1.29, 1.82) is 0 Å². The van der Waals surface area contributed by atoms with E-state index in [4.69, 9.17) is 37.9 Å². The summed E-state index contributed by atoms with van der Waals surface area (Å²) in [7, 11) is -0.541. The van der Waals surface area contributed by atoms with Crippen LogP contribution in [0.1, 0.15) is 80.5 Å². The SMILES string of the molecule is COC(=O)[C@@H](NC(=O)[C@H](C[C@@H]1CN(C(=O)OCc2ccccc2)C(C)(C)O1)NC(=O)OC(C)(C)C)[C@H](O)c1cc(-c2ccc(OCc3ccccc3)c(C[C@H](NC(=O)OCc3ccccc3)C(=O)OCC[Si](C)(C)C)c2)ccc1OCc1ccccc1. The molecule has 0 bridgehead atoms. The zero-order valence-electron chi connectivity index (χ0n) is 50.9. The van der Waals surface area contributed by atoms with Gasteiger partial charge < -0.3 is 59.0 Å². The Bertz CT molecular complexity index is 3250. The topological polar surface area (TPSA) is 236 Å². The predicted molar refractivity (Wildman–Crippen MR) is 329 cm³/mol. The van der Waals surface area contributed by atoms with Gasteiger partial charge in [0, 0.05) is 26.5 Å². The van der Waals surface area contributed by atoms with Crippen LogP contribution in [0.25, 0.3) is 11.1 Å². The van der Waals surface area contributed by atoms with E-state index in [-0.39, 0.29) is 63.7 Å². The van der Waals surface area contributed by atoms with Crippen LogP contribution in [0.4, 0.5) is 14.4 Å². The van der Waals surface area contributed by atoms with Gasteiger partial charge in [0.1, 0.15) is 67.4 Å². The lowest BCUT2D eigenvalue weighted by atomic mass is 9.94. The summed E-state index contributed by atoms with van der Waals surface area (Å²) < 4.78 is 47.0. The number of carbonyl (C=O) groups excluding carboxylic acids is 6. The molecule has 1 fully saturated rings. The Labute approximate surface area is 509 Å². The number of aliphatic hydroxyl groups is 1. The first-order chi connectivity index (χ1) is 41.4. The summed E-state index contributed by atoms with van der Waals surface area (Å²) in [5.74, 6) is -2.10. The maximum atomic E-state index is 14.8. The molecule has 0 radical (unpaired) electrons. The number of alkyl carbamates (subject to hydrolysis) is 2. The lowest BCUT2D eigenvalue weighted by molar-refractivity contribution is -0.149. The van der Waals surface area contributed by atoms with Gasteiger partial charge >= 0.3 is 30.2 Å². The Morgan fingerprint density at radius 2 is 1.14 bits per heavy atom. The van der Waals surface area contributed by atoms with Gasteiger partial charge in [-0.3, -0.25) is 9.69 Å². The highest BCUT2D eigenvalue weighted by Crippen LogP contribution is 2.37. The summed E-state index contributed by atoms with van der Waals surface area (Å²) >= 11 is 0. The first kappa shape index (κ1) is 65.8. The number of hydrogen-bond donors (Lipinski definition) is 4. The summed E-state index contributed by atoms with van der Waals surface area (Å²) in [5, 5.41) is 20.6. The number of ether oxygens (including phenoxy) is 8. The molecule has 1 aliphatic rings. The zero-order valence-corrected chi connectivity index (χ0v) is 51.9. The van der Waals surface area contributed by atoms with E-state index in [1.165, 1.54) is 4.90 Å². The second kappa shape index (κ2) is 30.6. The molecule has 0 aliphatic carbocycles. The minimum atomic E-state index is -1.87. The molecule has 7 rings (SSSR count). The summed E-state index contributed by atoms with van der Waals surface area (Å²) in [6.45, 7) is 15.1. The third-order valence-electron chi connectivity index (χ3n) is 14.0. The zero-order chi connectivity index (χ0) is 62.7. The molecule has 0 spiro atoms. The van der Waals surface area contributed by atoms with Crippen molar-refractivity contribution in [3.8, 4) is 22.6 Å². The fourth-order valence-electron chi connectivity index (χ4n) is 9.42. The highest BCUT2D eigenvalue weighted by molar-refractivity contribution is 6.76. The van der Waals surface area contributed by atoms with Crippen LogP contribution in [0.15, 0.2) is 158 Å². The minimum absolute atomic E-state index is 0.00352. The van der Waals surface area contributed by atoms with E-state index in [2.05, 4.69) is 35.6 Å². The minimum Gasteiger partial charge on any atom is -0.489 e. The van der Waals surface area contributed by atoms with E-state index in [0.717, 1.165) is 29.4 Å². The largest absolute Gasteiger partial charge is 0.489 e. The van der Waals surface area contributed by atoms with Crippen LogP contribution in [-0.4, -0.2) is 110 Å². The quantitative estimate of drug-likeness (QED) is 0.0225. The van der Waals surface area contributed by atoms with E-state index in [1.54, 1.807) is 71.0 Å². The molecule has 1 aliphatic heterocycles.